The van der Waals surface area contributed by atoms with Gasteiger partial charge in [-0.05, 0) is 12.1 Å². The zero-order chi connectivity index (χ0) is 13.1. The van der Waals surface area contributed by atoms with Crippen molar-refractivity contribution in [1.29, 1.82) is 0 Å². The number of nitrogens with two attached hydrogens (primary N) is 1. The van der Waals surface area contributed by atoms with Crippen LogP contribution in [0, 0.1) is 0 Å². The number of nitrogens with one attached hydrogen (secondary N) is 1. The Hall–Kier alpha value is -0.980. The summed E-state index contributed by atoms with van der Waals surface area (Å²) in [6.07, 6.45) is 0. The lowest BCUT2D eigenvalue weighted by molar-refractivity contribution is 0.0922. The Labute approximate surface area is 111 Å². The summed E-state index contributed by atoms with van der Waals surface area (Å²) in [7, 11) is 0. The van der Waals surface area contributed by atoms with E-state index in [-0.39, 0.29) is 5.76 Å². The highest BCUT2D eigenvalue weighted by molar-refractivity contribution is 8.00. The number of amides is 1. The van der Waals surface area contributed by atoms with Crippen molar-refractivity contribution in [1.82, 2.24) is 10.3 Å². The summed E-state index contributed by atoms with van der Waals surface area (Å²) in [5, 5.41) is 1.27. The van der Waals surface area contributed by atoms with Crippen LogP contribution in [0.1, 0.15) is 30.2 Å². The summed E-state index contributed by atoms with van der Waals surface area (Å²) in [6.45, 7) is 7.32. The van der Waals surface area contributed by atoms with Crippen molar-refractivity contribution >= 4 is 17.7 Å². The Morgan fingerprint density at radius 3 is 2.78 bits per heavy atom. The van der Waals surface area contributed by atoms with E-state index in [2.05, 4.69) is 24.2 Å². The standard InChI is InChI=1S/C12H19N3O2S/c1-8-5-15(6-9(2)18-8)7-10-3-4-11(17-10)12(16)14-13/h3-4,8-9H,5-7,13H2,1-2H3,(H,14,16). The van der Waals surface area contributed by atoms with Gasteiger partial charge in [-0.2, -0.15) is 11.8 Å². The van der Waals surface area contributed by atoms with Crippen LogP contribution in [0.3, 0.4) is 0 Å². The average molecular weight is 269 g/mol. The number of hydrazine groups is 1. The van der Waals surface area contributed by atoms with Gasteiger partial charge in [0.15, 0.2) is 5.76 Å². The van der Waals surface area contributed by atoms with Crippen molar-refractivity contribution < 1.29 is 9.21 Å². The molecule has 1 aromatic heterocycles. The molecular formula is C12H19N3O2S. The molecule has 5 nitrogen and oxygen atoms in total. The molecule has 0 radical (unpaired) electrons. The quantitative estimate of drug-likeness (QED) is 0.490. The molecule has 2 atom stereocenters. The Morgan fingerprint density at radius 2 is 2.17 bits per heavy atom. The van der Waals surface area contributed by atoms with Crippen LogP contribution in [0.25, 0.3) is 0 Å². The highest BCUT2D eigenvalue weighted by Crippen LogP contribution is 2.25. The van der Waals surface area contributed by atoms with Crippen molar-refractivity contribution in [2.45, 2.75) is 30.9 Å². The van der Waals surface area contributed by atoms with Gasteiger partial charge >= 0.3 is 5.91 Å². The van der Waals surface area contributed by atoms with Gasteiger partial charge < -0.3 is 4.42 Å². The van der Waals surface area contributed by atoms with Crippen molar-refractivity contribution in [3.8, 4) is 0 Å². The second kappa shape index (κ2) is 5.77. The average Bonchev–Trinajstić information content (AvgIpc) is 2.75. The number of nitrogens with zero attached hydrogens (tertiary/aromatic N) is 1. The summed E-state index contributed by atoms with van der Waals surface area (Å²) in [5.74, 6) is 5.74. The number of nitrogen functional groups attached to an aromatic ring is 1. The monoisotopic (exact) mass is 269 g/mol. The lowest BCUT2D eigenvalue weighted by atomic mass is 10.3. The molecule has 1 aromatic rings. The van der Waals surface area contributed by atoms with Crippen LogP contribution in [0.2, 0.25) is 0 Å². The first-order valence-corrected chi connectivity index (χ1v) is 7.00. The summed E-state index contributed by atoms with van der Waals surface area (Å²) in [4.78, 5) is 13.6. The molecule has 1 amide bonds. The van der Waals surface area contributed by atoms with E-state index >= 15 is 0 Å². The highest BCUT2D eigenvalue weighted by Gasteiger charge is 2.23. The minimum absolute atomic E-state index is 0.264. The molecule has 2 unspecified atom stereocenters. The summed E-state index contributed by atoms with van der Waals surface area (Å²) in [5.41, 5.74) is 2.06. The van der Waals surface area contributed by atoms with Gasteiger partial charge in [0.05, 0.1) is 6.54 Å². The number of hydrogen-bond donors (Lipinski definition) is 2. The molecular weight excluding hydrogens is 250 g/mol. The number of carbonyl (C=O) groups is 1. The van der Waals surface area contributed by atoms with Crippen LogP contribution in [-0.4, -0.2) is 34.4 Å². The first-order chi connectivity index (χ1) is 8.58. The fourth-order valence-corrected chi connectivity index (χ4v) is 3.68. The van der Waals surface area contributed by atoms with E-state index in [0.29, 0.717) is 10.5 Å². The summed E-state index contributed by atoms with van der Waals surface area (Å²) in [6, 6.07) is 3.49. The number of rotatable bonds is 3. The molecule has 0 saturated carbocycles. The smallest absolute Gasteiger partial charge is 0.300 e. The van der Waals surface area contributed by atoms with E-state index in [1.807, 2.05) is 17.8 Å². The minimum Gasteiger partial charge on any atom is -0.455 e. The molecule has 0 spiro atoms. The highest BCUT2D eigenvalue weighted by atomic mass is 32.2. The molecule has 100 valence electrons. The largest absolute Gasteiger partial charge is 0.455 e. The van der Waals surface area contributed by atoms with Crippen LogP contribution >= 0.6 is 11.8 Å². The molecule has 6 heteroatoms. The van der Waals surface area contributed by atoms with Crippen molar-refractivity contribution in [2.24, 2.45) is 5.84 Å². The van der Waals surface area contributed by atoms with Crippen molar-refractivity contribution in [3.05, 3.63) is 23.7 Å². The lowest BCUT2D eigenvalue weighted by Crippen LogP contribution is -2.39. The normalized spacial score (nSPS) is 25.1. The lowest BCUT2D eigenvalue weighted by Gasteiger charge is -2.33. The predicted molar refractivity (Wildman–Crippen MR) is 72.2 cm³/mol. The van der Waals surface area contributed by atoms with Crippen LogP contribution in [0.15, 0.2) is 16.5 Å². The van der Waals surface area contributed by atoms with E-state index in [4.69, 9.17) is 10.3 Å². The molecule has 1 aliphatic rings. The van der Waals surface area contributed by atoms with Gasteiger partial charge in [0, 0.05) is 23.6 Å². The third kappa shape index (κ3) is 3.28. The van der Waals surface area contributed by atoms with Crippen LogP contribution in [0.4, 0.5) is 0 Å². The minimum atomic E-state index is -0.391. The molecule has 1 saturated heterocycles. The number of furan rings is 1. The molecule has 0 bridgehead atoms. The van der Waals surface area contributed by atoms with E-state index < -0.39 is 5.91 Å². The van der Waals surface area contributed by atoms with Crippen molar-refractivity contribution in [2.75, 3.05) is 13.1 Å². The van der Waals surface area contributed by atoms with Crippen LogP contribution in [-0.2, 0) is 6.54 Å². The van der Waals surface area contributed by atoms with Gasteiger partial charge in [0.25, 0.3) is 0 Å². The number of carbonyl (C=O) groups excluding carboxylic acids is 1. The zero-order valence-electron chi connectivity index (χ0n) is 10.7. The molecule has 1 aliphatic heterocycles. The summed E-state index contributed by atoms with van der Waals surface area (Å²) >= 11 is 2.02. The Morgan fingerprint density at radius 1 is 1.50 bits per heavy atom. The number of hydrogen-bond acceptors (Lipinski definition) is 5. The maximum absolute atomic E-state index is 11.3. The van der Waals surface area contributed by atoms with E-state index in [1.165, 1.54) is 0 Å². The molecule has 0 aliphatic carbocycles. The van der Waals surface area contributed by atoms with E-state index in [0.717, 1.165) is 25.4 Å². The first kappa shape index (κ1) is 13.5. The SMILES string of the molecule is CC1CN(Cc2ccc(C(=O)NN)o2)CC(C)S1. The van der Waals surface area contributed by atoms with Gasteiger partial charge in [-0.3, -0.25) is 15.1 Å². The topological polar surface area (TPSA) is 71.5 Å². The summed E-state index contributed by atoms with van der Waals surface area (Å²) < 4.78 is 5.47. The van der Waals surface area contributed by atoms with Gasteiger partial charge in [0.2, 0.25) is 0 Å². The third-order valence-corrected chi connectivity index (χ3v) is 4.12. The Bertz CT molecular complexity index is 411. The molecule has 0 aromatic carbocycles. The second-order valence-corrected chi connectivity index (χ2v) is 6.57. The van der Waals surface area contributed by atoms with E-state index in [1.54, 1.807) is 6.07 Å². The van der Waals surface area contributed by atoms with Gasteiger partial charge in [-0.15, -0.1) is 0 Å². The molecule has 2 rings (SSSR count). The van der Waals surface area contributed by atoms with Gasteiger partial charge in [-0.25, -0.2) is 5.84 Å². The maximum Gasteiger partial charge on any atom is 0.300 e. The van der Waals surface area contributed by atoms with Crippen LogP contribution < -0.4 is 11.3 Å². The van der Waals surface area contributed by atoms with E-state index in [9.17, 15) is 4.79 Å². The maximum atomic E-state index is 11.3. The van der Waals surface area contributed by atoms with Crippen molar-refractivity contribution in [3.63, 3.8) is 0 Å². The van der Waals surface area contributed by atoms with Gasteiger partial charge in [0.1, 0.15) is 5.76 Å². The number of thioether (sulfide) groups is 1. The fourth-order valence-electron chi connectivity index (χ4n) is 2.29. The third-order valence-electron chi connectivity index (χ3n) is 2.89. The Balaban J connectivity index is 1.96. The first-order valence-electron chi connectivity index (χ1n) is 6.06. The molecule has 18 heavy (non-hydrogen) atoms. The zero-order valence-corrected chi connectivity index (χ0v) is 11.5. The molecule has 3 N–H and O–H groups in total. The molecule has 2 heterocycles. The molecule has 1 fully saturated rings. The predicted octanol–water partition coefficient (Wildman–Crippen LogP) is 1.21. The fraction of sp³-hybridized carbons (Fsp3) is 0.583. The van der Waals surface area contributed by atoms with Crippen LogP contribution in [0.5, 0.6) is 0 Å². The Kier molecular flexibility index (Phi) is 4.31. The van der Waals surface area contributed by atoms with Gasteiger partial charge in [-0.1, -0.05) is 13.8 Å². The second-order valence-electron chi connectivity index (χ2n) is 4.69.